The highest BCUT2D eigenvalue weighted by Gasteiger charge is 2.04. The highest BCUT2D eigenvalue weighted by Crippen LogP contribution is 2.15. The van der Waals surface area contributed by atoms with E-state index in [0.717, 1.165) is 41.9 Å². The van der Waals surface area contributed by atoms with Crippen LogP contribution >= 0.6 is 0 Å². The number of aromatic nitrogens is 6. The van der Waals surface area contributed by atoms with E-state index in [1.807, 2.05) is 107 Å². The van der Waals surface area contributed by atoms with E-state index in [9.17, 15) is 0 Å². The van der Waals surface area contributed by atoms with Crippen LogP contribution in [-0.2, 0) is 20.0 Å². The summed E-state index contributed by atoms with van der Waals surface area (Å²) in [5.41, 5.74) is 6.96. The molecule has 0 spiro atoms. The van der Waals surface area contributed by atoms with Gasteiger partial charge < -0.3 is 13.5 Å². The molecule has 6 aromatic rings. The number of benzene rings is 2. The van der Waals surface area contributed by atoms with Crippen LogP contribution in [0.15, 0.2) is 85.6 Å². The second kappa shape index (κ2) is 29.5. The van der Waals surface area contributed by atoms with E-state index in [4.69, 9.17) is 0 Å². The van der Waals surface area contributed by atoms with Gasteiger partial charge in [-0.1, -0.05) is 133 Å². The number of nitrogens with zero attached hydrogens (tertiary/aromatic N) is 6. The lowest BCUT2D eigenvalue weighted by atomic mass is 10.2. The fourth-order valence-corrected chi connectivity index (χ4v) is 3.96. The number of hydrogen-bond donors (Lipinski definition) is 0. The zero-order chi connectivity index (χ0) is 36.0. The Kier molecular flexibility index (Phi) is 28.3. The van der Waals surface area contributed by atoms with Gasteiger partial charge >= 0.3 is 0 Å². The number of hydrogen-bond acceptors (Lipinski definition) is 3. The fourth-order valence-electron chi connectivity index (χ4n) is 3.96. The van der Waals surface area contributed by atoms with E-state index in [2.05, 4.69) is 105 Å². The third kappa shape index (κ3) is 16.5. The van der Waals surface area contributed by atoms with Gasteiger partial charge in [-0.05, 0) is 55.7 Å². The third-order valence-corrected chi connectivity index (χ3v) is 6.28. The van der Waals surface area contributed by atoms with Gasteiger partial charge in [-0.15, -0.1) is 0 Å². The fraction of sp³-hybridized carbons (Fsp3) is 0.488. The van der Waals surface area contributed by atoms with Crippen molar-refractivity contribution in [3.05, 3.63) is 97.0 Å². The molecule has 4 aromatic heterocycles. The smallest absolute Gasteiger partial charge is 0.136 e. The molecule has 0 aliphatic carbocycles. The number of pyridine rings is 1. The number of aryl methyl sites for hydroxylation is 4. The number of imidazole rings is 3. The molecule has 6 heteroatoms. The normalized spacial score (nSPS) is 9.15. The van der Waals surface area contributed by atoms with E-state index in [1.54, 1.807) is 0 Å². The summed E-state index contributed by atoms with van der Waals surface area (Å²) < 4.78 is 6.32. The summed E-state index contributed by atoms with van der Waals surface area (Å²) in [5, 5.41) is 0. The molecule has 6 nitrogen and oxygen atoms in total. The molecule has 0 bridgehead atoms. The van der Waals surface area contributed by atoms with Crippen LogP contribution in [0.5, 0.6) is 0 Å². The van der Waals surface area contributed by atoms with E-state index in [-0.39, 0.29) is 0 Å². The molecule has 47 heavy (non-hydrogen) atoms. The van der Waals surface area contributed by atoms with Gasteiger partial charge in [0, 0.05) is 32.2 Å². The van der Waals surface area contributed by atoms with Crippen LogP contribution in [0.25, 0.3) is 27.7 Å². The maximum absolute atomic E-state index is 4.49. The minimum atomic E-state index is 1.02. The second-order valence-corrected chi connectivity index (χ2v) is 9.93. The van der Waals surface area contributed by atoms with Crippen molar-refractivity contribution in [1.82, 2.24) is 28.5 Å². The molecule has 262 valence electrons. The van der Waals surface area contributed by atoms with Crippen molar-refractivity contribution in [3.8, 4) is 0 Å². The lowest BCUT2D eigenvalue weighted by Crippen LogP contribution is -1.98. The van der Waals surface area contributed by atoms with Crippen molar-refractivity contribution in [2.75, 3.05) is 0 Å². The summed E-state index contributed by atoms with van der Waals surface area (Å²) in [6.45, 7) is 28.1. The molecule has 4 heterocycles. The minimum Gasteiger partial charge on any atom is -0.334 e. The maximum Gasteiger partial charge on any atom is 0.136 e. The SMILES string of the molecule is CC.CC.CC.CCC.CCCC.CCCn1c(C)nc2ccccc21.CCc1ccc2nccn2c1.Cn1cnc2ccccc21. The Morgan fingerprint density at radius 3 is 1.72 bits per heavy atom. The minimum absolute atomic E-state index is 1.02. The molecule has 0 saturated carbocycles. The number of fused-ring (bicyclic) bond motifs is 3. The molecule has 0 aliphatic rings. The topological polar surface area (TPSA) is 52.9 Å². The zero-order valence-electron chi connectivity index (χ0n) is 32.5. The quantitative estimate of drug-likeness (QED) is 0.192. The van der Waals surface area contributed by atoms with Crippen molar-refractivity contribution in [2.45, 2.75) is 129 Å². The van der Waals surface area contributed by atoms with Crippen molar-refractivity contribution in [1.29, 1.82) is 0 Å². The van der Waals surface area contributed by atoms with Crippen molar-refractivity contribution >= 4 is 27.7 Å². The maximum atomic E-state index is 4.49. The highest BCUT2D eigenvalue weighted by molar-refractivity contribution is 5.76. The van der Waals surface area contributed by atoms with E-state index < -0.39 is 0 Å². The van der Waals surface area contributed by atoms with Crippen LogP contribution in [0.2, 0.25) is 0 Å². The van der Waals surface area contributed by atoms with Crippen LogP contribution in [-0.4, -0.2) is 28.5 Å². The molecule has 0 amide bonds. The molecule has 0 atom stereocenters. The van der Waals surface area contributed by atoms with E-state index >= 15 is 0 Å². The average molecular weight is 645 g/mol. The van der Waals surface area contributed by atoms with Gasteiger partial charge in [0.15, 0.2) is 0 Å². The van der Waals surface area contributed by atoms with Crippen LogP contribution in [0.1, 0.15) is 120 Å². The van der Waals surface area contributed by atoms with Gasteiger partial charge in [0.25, 0.3) is 0 Å². The van der Waals surface area contributed by atoms with Crippen molar-refractivity contribution < 1.29 is 0 Å². The Labute approximate surface area is 288 Å². The monoisotopic (exact) mass is 645 g/mol. The molecule has 0 fully saturated rings. The summed E-state index contributed by atoms with van der Waals surface area (Å²) in [4.78, 5) is 12.8. The van der Waals surface area contributed by atoms with Gasteiger partial charge in [-0.2, -0.15) is 0 Å². The Bertz CT molecular complexity index is 1540. The van der Waals surface area contributed by atoms with Gasteiger partial charge in [-0.3, -0.25) is 0 Å². The van der Waals surface area contributed by atoms with Crippen LogP contribution in [0.3, 0.4) is 0 Å². The summed E-state index contributed by atoms with van der Waals surface area (Å²) >= 11 is 0. The molecule has 0 N–H and O–H groups in total. The van der Waals surface area contributed by atoms with Gasteiger partial charge in [-0.25, -0.2) is 15.0 Å². The summed E-state index contributed by atoms with van der Waals surface area (Å²) in [6.07, 6.45) is 13.8. The third-order valence-electron chi connectivity index (χ3n) is 6.28. The van der Waals surface area contributed by atoms with Crippen LogP contribution < -0.4 is 0 Å². The largest absolute Gasteiger partial charge is 0.334 e. The molecule has 0 saturated heterocycles. The molecule has 0 aliphatic heterocycles. The first-order valence-electron chi connectivity index (χ1n) is 18.1. The molecule has 0 unspecified atom stereocenters. The summed E-state index contributed by atoms with van der Waals surface area (Å²) in [5.74, 6) is 1.11. The lowest BCUT2D eigenvalue weighted by molar-refractivity contribution is 0.676. The van der Waals surface area contributed by atoms with Crippen LogP contribution in [0.4, 0.5) is 0 Å². The first-order valence-corrected chi connectivity index (χ1v) is 18.1. The molecular formula is C41H68N6. The number of rotatable bonds is 4. The Hall–Kier alpha value is -3.93. The van der Waals surface area contributed by atoms with Crippen LogP contribution in [0, 0.1) is 6.92 Å². The van der Waals surface area contributed by atoms with Gasteiger partial charge in [0.1, 0.15) is 11.5 Å². The Morgan fingerprint density at radius 1 is 0.638 bits per heavy atom. The summed E-state index contributed by atoms with van der Waals surface area (Å²) in [7, 11) is 2.00. The van der Waals surface area contributed by atoms with E-state index in [1.165, 1.54) is 35.9 Å². The highest BCUT2D eigenvalue weighted by atomic mass is 15.1. The molecule has 2 aromatic carbocycles. The standard InChI is InChI=1S/C11H14N2.C9H10N2.C8H8N2.C4H10.C3H8.3C2H6/c1-3-8-13-9(2)12-10-6-4-5-7-11(10)13;1-2-8-3-4-9-10-5-6-11(9)7-8;1-10-6-9-7-4-2-3-5-8(7)10;1-3-4-2;1-3-2;3*1-2/h4-7H,3,8H2,1-2H3;3-7H,2H2,1H3;2-6H,1H3;3-4H2,1-2H3;3H2,1-2H3;3*1-2H3. The molecule has 6 rings (SSSR count). The Balaban J connectivity index is 0. The predicted octanol–water partition coefficient (Wildman–Crippen LogP) is 12.5. The summed E-state index contributed by atoms with van der Waals surface area (Å²) in [6, 6.07) is 20.5. The lowest BCUT2D eigenvalue weighted by Gasteiger charge is -2.03. The van der Waals surface area contributed by atoms with Gasteiger partial charge in [0.05, 0.1) is 28.4 Å². The molecular weight excluding hydrogens is 576 g/mol. The zero-order valence-corrected chi connectivity index (χ0v) is 32.5. The predicted molar refractivity (Wildman–Crippen MR) is 211 cm³/mol. The Morgan fingerprint density at radius 2 is 1.19 bits per heavy atom. The second-order valence-electron chi connectivity index (χ2n) is 9.93. The first kappa shape index (κ1) is 45.2. The molecule has 0 radical (unpaired) electrons. The van der Waals surface area contributed by atoms with Crippen molar-refractivity contribution in [2.24, 2.45) is 7.05 Å². The van der Waals surface area contributed by atoms with Gasteiger partial charge in [0.2, 0.25) is 0 Å². The van der Waals surface area contributed by atoms with E-state index in [0.29, 0.717) is 0 Å². The average Bonchev–Trinajstić information content (AvgIpc) is 3.85. The number of para-hydroxylation sites is 4. The number of unbranched alkanes of at least 4 members (excludes halogenated alkanes) is 1. The van der Waals surface area contributed by atoms with Crippen molar-refractivity contribution in [3.63, 3.8) is 0 Å². The first-order chi connectivity index (χ1) is 22.9.